The molecular weight excluding hydrogens is 226 g/mol. The number of hydrogen-bond donors (Lipinski definition) is 1. The fourth-order valence-corrected chi connectivity index (χ4v) is 3.06. The lowest BCUT2D eigenvalue weighted by Gasteiger charge is -2.35. The standard InChI is InChI=1S/C14H27N3O/c1-3-8-15-13-7-10-17(14(13)18)11-12-6-4-5-9-16(12)2/h12-13,15H,3-11H2,1-2H3. The molecule has 0 aliphatic carbocycles. The molecule has 4 heteroatoms. The minimum atomic E-state index is 0.0823. The SMILES string of the molecule is CCCNC1CCN(CC2CCCCN2C)C1=O. The quantitative estimate of drug-likeness (QED) is 0.796. The molecule has 1 amide bonds. The zero-order valence-corrected chi connectivity index (χ0v) is 11.8. The van der Waals surface area contributed by atoms with Gasteiger partial charge in [-0.25, -0.2) is 0 Å². The first-order valence-electron chi connectivity index (χ1n) is 7.44. The van der Waals surface area contributed by atoms with Crippen LogP contribution in [0.3, 0.4) is 0 Å². The fraction of sp³-hybridized carbons (Fsp3) is 0.929. The number of hydrogen-bond acceptors (Lipinski definition) is 3. The molecule has 2 unspecified atom stereocenters. The molecule has 0 radical (unpaired) electrons. The van der Waals surface area contributed by atoms with Gasteiger partial charge in [0.25, 0.3) is 0 Å². The number of amides is 1. The van der Waals surface area contributed by atoms with E-state index in [1.807, 2.05) is 0 Å². The third kappa shape index (κ3) is 3.23. The first-order chi connectivity index (χ1) is 8.72. The molecule has 0 bridgehead atoms. The predicted octanol–water partition coefficient (Wildman–Crippen LogP) is 1.07. The van der Waals surface area contributed by atoms with Crippen LogP contribution in [0.1, 0.15) is 39.0 Å². The van der Waals surface area contributed by atoms with Crippen LogP contribution >= 0.6 is 0 Å². The first-order valence-corrected chi connectivity index (χ1v) is 7.44. The summed E-state index contributed by atoms with van der Waals surface area (Å²) in [5.41, 5.74) is 0. The van der Waals surface area contributed by atoms with Crippen molar-refractivity contribution >= 4 is 5.91 Å². The van der Waals surface area contributed by atoms with E-state index < -0.39 is 0 Å². The molecule has 2 saturated heterocycles. The van der Waals surface area contributed by atoms with Crippen molar-refractivity contribution in [3.63, 3.8) is 0 Å². The van der Waals surface area contributed by atoms with Crippen LogP contribution in [0.5, 0.6) is 0 Å². The molecule has 0 aromatic rings. The first kappa shape index (κ1) is 13.8. The summed E-state index contributed by atoms with van der Waals surface area (Å²) < 4.78 is 0. The number of carbonyl (C=O) groups is 1. The van der Waals surface area contributed by atoms with Crippen molar-refractivity contribution in [2.75, 3.05) is 33.2 Å². The van der Waals surface area contributed by atoms with Crippen molar-refractivity contribution in [1.82, 2.24) is 15.1 Å². The number of nitrogens with one attached hydrogen (secondary N) is 1. The average Bonchev–Trinajstić information content (AvgIpc) is 2.71. The molecule has 2 heterocycles. The molecule has 2 aliphatic rings. The molecule has 18 heavy (non-hydrogen) atoms. The monoisotopic (exact) mass is 253 g/mol. The maximum Gasteiger partial charge on any atom is 0.239 e. The zero-order chi connectivity index (χ0) is 13.0. The molecule has 2 rings (SSSR count). The van der Waals surface area contributed by atoms with E-state index in [-0.39, 0.29) is 6.04 Å². The van der Waals surface area contributed by atoms with Crippen LogP contribution in [0.25, 0.3) is 0 Å². The maximum atomic E-state index is 12.2. The van der Waals surface area contributed by atoms with E-state index in [1.165, 1.54) is 25.8 Å². The summed E-state index contributed by atoms with van der Waals surface area (Å²) in [6.45, 7) is 6.14. The Balaban J connectivity index is 1.81. The summed E-state index contributed by atoms with van der Waals surface area (Å²) in [6, 6.07) is 0.659. The van der Waals surface area contributed by atoms with Gasteiger partial charge in [0.05, 0.1) is 6.04 Å². The Labute approximate surface area is 111 Å². The molecule has 1 N–H and O–H groups in total. The van der Waals surface area contributed by atoms with Gasteiger partial charge < -0.3 is 15.1 Å². The molecule has 4 nitrogen and oxygen atoms in total. The van der Waals surface area contributed by atoms with Crippen molar-refractivity contribution in [1.29, 1.82) is 0 Å². The van der Waals surface area contributed by atoms with Gasteiger partial charge in [0.15, 0.2) is 0 Å². The second kappa shape index (κ2) is 6.53. The van der Waals surface area contributed by atoms with E-state index in [0.29, 0.717) is 11.9 Å². The van der Waals surface area contributed by atoms with Crippen LogP contribution < -0.4 is 5.32 Å². The molecule has 0 spiro atoms. The molecular formula is C14H27N3O. The number of nitrogens with zero attached hydrogens (tertiary/aromatic N) is 2. The van der Waals surface area contributed by atoms with Crippen LogP contribution in [0, 0.1) is 0 Å². The van der Waals surface area contributed by atoms with E-state index in [1.54, 1.807) is 0 Å². The minimum absolute atomic E-state index is 0.0823. The molecule has 0 aromatic heterocycles. The second-order valence-corrected chi connectivity index (χ2v) is 5.71. The number of rotatable bonds is 5. The molecule has 2 aliphatic heterocycles. The van der Waals surface area contributed by atoms with Gasteiger partial charge in [0.2, 0.25) is 5.91 Å². The van der Waals surface area contributed by atoms with Crippen molar-refractivity contribution in [3.8, 4) is 0 Å². The highest BCUT2D eigenvalue weighted by molar-refractivity contribution is 5.84. The van der Waals surface area contributed by atoms with E-state index >= 15 is 0 Å². The summed E-state index contributed by atoms with van der Waals surface area (Å²) in [7, 11) is 2.19. The number of likely N-dealkylation sites (N-methyl/N-ethyl adjacent to an activating group) is 1. The van der Waals surface area contributed by atoms with Crippen molar-refractivity contribution < 1.29 is 4.79 Å². The number of likely N-dealkylation sites (tertiary alicyclic amines) is 2. The fourth-order valence-electron chi connectivity index (χ4n) is 3.06. The summed E-state index contributed by atoms with van der Waals surface area (Å²) in [5, 5.41) is 3.35. The smallest absolute Gasteiger partial charge is 0.239 e. The Morgan fingerprint density at radius 1 is 1.28 bits per heavy atom. The Hall–Kier alpha value is -0.610. The average molecular weight is 253 g/mol. The topological polar surface area (TPSA) is 35.6 Å². The number of carbonyl (C=O) groups excluding carboxylic acids is 1. The van der Waals surface area contributed by atoms with E-state index in [0.717, 1.165) is 32.5 Å². The van der Waals surface area contributed by atoms with Gasteiger partial charge in [-0.3, -0.25) is 4.79 Å². The van der Waals surface area contributed by atoms with Crippen LogP contribution in [0.4, 0.5) is 0 Å². The summed E-state index contributed by atoms with van der Waals surface area (Å²) in [4.78, 5) is 16.7. The lowest BCUT2D eigenvalue weighted by atomic mass is 10.0. The summed E-state index contributed by atoms with van der Waals surface area (Å²) in [6.07, 6.45) is 5.94. The maximum absolute atomic E-state index is 12.2. The summed E-state index contributed by atoms with van der Waals surface area (Å²) in [5.74, 6) is 0.322. The Bertz CT molecular complexity index is 282. The van der Waals surface area contributed by atoms with Crippen LogP contribution in [-0.2, 0) is 4.79 Å². The Kier molecular flexibility index (Phi) is 5.01. The Morgan fingerprint density at radius 2 is 2.11 bits per heavy atom. The van der Waals surface area contributed by atoms with E-state index in [9.17, 15) is 4.79 Å². The van der Waals surface area contributed by atoms with Crippen molar-refractivity contribution in [3.05, 3.63) is 0 Å². The molecule has 104 valence electrons. The van der Waals surface area contributed by atoms with Crippen LogP contribution in [0.2, 0.25) is 0 Å². The van der Waals surface area contributed by atoms with Crippen molar-refractivity contribution in [2.24, 2.45) is 0 Å². The highest BCUT2D eigenvalue weighted by atomic mass is 16.2. The molecule has 0 saturated carbocycles. The normalized spacial score (nSPS) is 30.1. The minimum Gasteiger partial charge on any atom is -0.340 e. The third-order valence-electron chi connectivity index (χ3n) is 4.29. The highest BCUT2D eigenvalue weighted by Crippen LogP contribution is 2.19. The van der Waals surface area contributed by atoms with Gasteiger partial charge in [-0.05, 0) is 45.8 Å². The van der Waals surface area contributed by atoms with Gasteiger partial charge in [-0.15, -0.1) is 0 Å². The van der Waals surface area contributed by atoms with Gasteiger partial charge in [-0.2, -0.15) is 0 Å². The summed E-state index contributed by atoms with van der Waals surface area (Å²) >= 11 is 0. The van der Waals surface area contributed by atoms with Gasteiger partial charge >= 0.3 is 0 Å². The van der Waals surface area contributed by atoms with Crippen molar-refractivity contribution in [2.45, 2.75) is 51.1 Å². The largest absolute Gasteiger partial charge is 0.340 e. The Morgan fingerprint density at radius 3 is 2.83 bits per heavy atom. The molecule has 0 aromatic carbocycles. The molecule has 2 atom stereocenters. The van der Waals surface area contributed by atoms with E-state index in [4.69, 9.17) is 0 Å². The highest BCUT2D eigenvalue weighted by Gasteiger charge is 2.33. The van der Waals surface area contributed by atoms with Gasteiger partial charge in [-0.1, -0.05) is 13.3 Å². The van der Waals surface area contributed by atoms with Gasteiger partial charge in [0, 0.05) is 19.1 Å². The van der Waals surface area contributed by atoms with Crippen LogP contribution in [-0.4, -0.2) is 61.0 Å². The second-order valence-electron chi connectivity index (χ2n) is 5.71. The van der Waals surface area contributed by atoms with Gasteiger partial charge in [0.1, 0.15) is 0 Å². The van der Waals surface area contributed by atoms with E-state index in [2.05, 4.69) is 29.1 Å². The van der Waals surface area contributed by atoms with Crippen LogP contribution in [0.15, 0.2) is 0 Å². The third-order valence-corrected chi connectivity index (χ3v) is 4.29. The lowest BCUT2D eigenvalue weighted by molar-refractivity contribution is -0.130. The predicted molar refractivity (Wildman–Crippen MR) is 73.5 cm³/mol. The number of piperidine rings is 1. The molecule has 2 fully saturated rings. The lowest BCUT2D eigenvalue weighted by Crippen LogP contribution is -2.47. The zero-order valence-electron chi connectivity index (χ0n) is 11.8.